The number of nitrogens with zero attached hydrogens (tertiary/aromatic N) is 1. The Kier molecular flexibility index (Phi) is 5.77. The van der Waals surface area contributed by atoms with Gasteiger partial charge in [0.25, 0.3) is 0 Å². The first kappa shape index (κ1) is 22.0. The van der Waals surface area contributed by atoms with Crippen LogP contribution in [0.25, 0.3) is 0 Å². The average molecular weight is 456 g/mol. The highest BCUT2D eigenvalue weighted by atomic mass is 35.5. The van der Waals surface area contributed by atoms with E-state index in [4.69, 9.17) is 25.8 Å². The number of ketones is 3. The van der Waals surface area contributed by atoms with E-state index in [1.165, 1.54) is 20.3 Å². The number of Topliss-reactive ketones (excluding diaryl/α,β-unsaturated/α-hetero) is 3. The molecule has 1 fully saturated rings. The molecule has 0 bridgehead atoms. The second kappa shape index (κ2) is 8.39. The van der Waals surface area contributed by atoms with Gasteiger partial charge in [-0.05, 0) is 0 Å². The molecule has 1 saturated carbocycles. The molecule has 32 heavy (non-hydrogen) atoms. The standard InChI is InChI=1S/C24H22ClNO6/c1-13-9-15(27)10-19(26-12-16(28)14-7-5-4-6-8-14)24(13)23(29)20-17(30-2)11-18(31-3)21(25)22(20)32-24/h4-8,11,13H,9-10,12H2,1-3H3/t13-,24+/m1/s1. The minimum absolute atomic E-state index is 0.0722. The highest BCUT2D eigenvalue weighted by molar-refractivity contribution is 6.36. The van der Waals surface area contributed by atoms with E-state index in [1.54, 1.807) is 31.2 Å². The van der Waals surface area contributed by atoms with Crippen molar-refractivity contribution in [3.63, 3.8) is 0 Å². The van der Waals surface area contributed by atoms with E-state index >= 15 is 0 Å². The van der Waals surface area contributed by atoms with E-state index in [2.05, 4.69) is 4.99 Å². The number of rotatable bonds is 5. The van der Waals surface area contributed by atoms with Crippen LogP contribution in [0.2, 0.25) is 5.02 Å². The summed E-state index contributed by atoms with van der Waals surface area (Å²) in [6.45, 7) is 1.55. The summed E-state index contributed by atoms with van der Waals surface area (Å²) >= 11 is 6.46. The Morgan fingerprint density at radius 2 is 1.88 bits per heavy atom. The fourth-order valence-corrected chi connectivity index (χ4v) is 4.60. The zero-order valence-electron chi connectivity index (χ0n) is 17.9. The molecule has 0 unspecified atom stereocenters. The molecule has 2 aromatic carbocycles. The monoisotopic (exact) mass is 455 g/mol. The zero-order chi connectivity index (χ0) is 23.0. The van der Waals surface area contributed by atoms with Crippen LogP contribution < -0.4 is 14.2 Å². The third kappa shape index (κ3) is 3.37. The molecule has 0 amide bonds. The average Bonchev–Trinajstić information content (AvgIpc) is 3.11. The molecule has 0 radical (unpaired) electrons. The Bertz CT molecular complexity index is 1140. The first-order valence-corrected chi connectivity index (χ1v) is 10.5. The summed E-state index contributed by atoms with van der Waals surface area (Å²) in [5.74, 6) is -0.510. The molecule has 2 aromatic rings. The zero-order valence-corrected chi connectivity index (χ0v) is 18.7. The lowest BCUT2D eigenvalue weighted by Gasteiger charge is -2.37. The topological polar surface area (TPSA) is 91.3 Å². The summed E-state index contributed by atoms with van der Waals surface area (Å²) < 4.78 is 16.9. The Labute approximate surface area is 190 Å². The van der Waals surface area contributed by atoms with Crippen molar-refractivity contribution in [1.82, 2.24) is 0 Å². The Balaban J connectivity index is 1.79. The van der Waals surface area contributed by atoms with E-state index in [9.17, 15) is 14.4 Å². The lowest BCUT2D eigenvalue weighted by molar-refractivity contribution is -0.120. The van der Waals surface area contributed by atoms with E-state index in [-0.39, 0.29) is 64.5 Å². The minimum atomic E-state index is -1.53. The van der Waals surface area contributed by atoms with Crippen LogP contribution in [-0.4, -0.2) is 49.4 Å². The predicted molar refractivity (Wildman–Crippen MR) is 119 cm³/mol. The van der Waals surface area contributed by atoms with Crippen molar-refractivity contribution in [2.75, 3.05) is 20.8 Å². The van der Waals surface area contributed by atoms with Crippen LogP contribution >= 0.6 is 11.6 Å². The fourth-order valence-electron chi connectivity index (χ4n) is 4.33. The summed E-state index contributed by atoms with van der Waals surface area (Å²) in [6, 6.07) is 10.2. The van der Waals surface area contributed by atoms with Gasteiger partial charge >= 0.3 is 0 Å². The number of hydrogen-bond acceptors (Lipinski definition) is 7. The number of hydrogen-bond donors (Lipinski definition) is 0. The van der Waals surface area contributed by atoms with Crippen molar-refractivity contribution in [1.29, 1.82) is 0 Å². The smallest absolute Gasteiger partial charge is 0.220 e. The summed E-state index contributed by atoms with van der Waals surface area (Å²) in [5, 5.41) is 0.136. The number of carbonyl (C=O) groups excluding carboxylic acids is 3. The molecule has 0 saturated heterocycles. The van der Waals surface area contributed by atoms with Crippen molar-refractivity contribution in [3.8, 4) is 17.2 Å². The summed E-state index contributed by atoms with van der Waals surface area (Å²) in [5.41, 5.74) is -0.626. The molecule has 0 N–H and O–H groups in total. The number of methoxy groups -OCH3 is 2. The predicted octanol–water partition coefficient (Wildman–Crippen LogP) is 3.99. The third-order valence-electron chi connectivity index (χ3n) is 5.95. The van der Waals surface area contributed by atoms with Gasteiger partial charge in [-0.15, -0.1) is 0 Å². The molecule has 2 atom stereocenters. The molecule has 1 aliphatic heterocycles. The first-order chi connectivity index (χ1) is 15.3. The van der Waals surface area contributed by atoms with Crippen molar-refractivity contribution >= 4 is 34.7 Å². The van der Waals surface area contributed by atoms with Crippen LogP contribution in [0.1, 0.15) is 40.5 Å². The largest absolute Gasteiger partial charge is 0.496 e. The van der Waals surface area contributed by atoms with E-state index < -0.39 is 11.5 Å². The van der Waals surface area contributed by atoms with Gasteiger partial charge in [-0.1, -0.05) is 48.9 Å². The van der Waals surface area contributed by atoms with Crippen LogP contribution in [0, 0.1) is 5.92 Å². The van der Waals surface area contributed by atoms with Crippen molar-refractivity contribution in [2.45, 2.75) is 25.4 Å². The third-order valence-corrected chi connectivity index (χ3v) is 6.31. The number of carbonyl (C=O) groups is 3. The van der Waals surface area contributed by atoms with Crippen LogP contribution in [0.5, 0.6) is 17.2 Å². The van der Waals surface area contributed by atoms with Gasteiger partial charge in [-0.2, -0.15) is 0 Å². The highest BCUT2D eigenvalue weighted by Gasteiger charge is 2.60. The van der Waals surface area contributed by atoms with E-state index in [0.29, 0.717) is 11.3 Å². The SMILES string of the molecule is COc1cc(OC)c2c(c1Cl)O[C@]1(C2=O)C(=NCC(=O)c2ccccc2)CC(=O)C[C@H]1C. The van der Waals surface area contributed by atoms with E-state index in [0.717, 1.165) is 0 Å². The number of ether oxygens (including phenoxy) is 3. The van der Waals surface area contributed by atoms with Gasteiger partial charge in [-0.3, -0.25) is 19.4 Å². The first-order valence-electron chi connectivity index (χ1n) is 10.2. The molecular weight excluding hydrogens is 434 g/mol. The van der Waals surface area contributed by atoms with Crippen LogP contribution in [-0.2, 0) is 4.79 Å². The van der Waals surface area contributed by atoms with Gasteiger partial charge in [0.1, 0.15) is 34.4 Å². The second-order valence-corrected chi connectivity index (χ2v) is 8.22. The summed E-state index contributed by atoms with van der Waals surface area (Å²) in [4.78, 5) is 43.2. The lowest BCUT2D eigenvalue weighted by atomic mass is 9.71. The van der Waals surface area contributed by atoms with Crippen LogP contribution in [0.4, 0.5) is 0 Å². The lowest BCUT2D eigenvalue weighted by Crippen LogP contribution is -2.57. The van der Waals surface area contributed by atoms with E-state index in [1.807, 2.05) is 6.07 Å². The van der Waals surface area contributed by atoms with Gasteiger partial charge in [0.05, 0.1) is 19.9 Å². The van der Waals surface area contributed by atoms with Gasteiger partial charge < -0.3 is 14.2 Å². The van der Waals surface area contributed by atoms with Crippen molar-refractivity contribution in [2.24, 2.45) is 10.9 Å². The van der Waals surface area contributed by atoms with Crippen LogP contribution in [0.15, 0.2) is 41.4 Å². The minimum Gasteiger partial charge on any atom is -0.496 e. The number of benzene rings is 2. The molecule has 1 heterocycles. The Morgan fingerprint density at radius 3 is 2.53 bits per heavy atom. The molecule has 0 aromatic heterocycles. The van der Waals surface area contributed by atoms with Gasteiger partial charge in [0.15, 0.2) is 11.5 Å². The number of fused-ring (bicyclic) bond motifs is 1. The molecule has 7 nitrogen and oxygen atoms in total. The normalized spacial score (nSPS) is 23.2. The van der Waals surface area contributed by atoms with Gasteiger partial charge in [0.2, 0.25) is 11.4 Å². The van der Waals surface area contributed by atoms with Gasteiger partial charge in [0, 0.05) is 30.4 Å². The molecule has 4 rings (SSSR count). The fraction of sp³-hybridized carbons (Fsp3) is 0.333. The van der Waals surface area contributed by atoms with Crippen LogP contribution in [0.3, 0.4) is 0 Å². The molecule has 166 valence electrons. The molecule has 8 heteroatoms. The Hall–Kier alpha value is -3.19. The maximum absolute atomic E-state index is 13.8. The summed E-state index contributed by atoms with van der Waals surface area (Å²) in [6.07, 6.45) is 0.0612. The molecule has 2 aliphatic rings. The highest BCUT2D eigenvalue weighted by Crippen LogP contribution is 2.53. The number of halogens is 1. The molecule has 1 spiro atoms. The quantitative estimate of drug-likeness (QED) is 0.633. The molecule has 1 aliphatic carbocycles. The Morgan fingerprint density at radius 1 is 1.19 bits per heavy atom. The van der Waals surface area contributed by atoms with Crippen molar-refractivity contribution < 1.29 is 28.6 Å². The number of aliphatic imine (C=N–C) groups is 1. The van der Waals surface area contributed by atoms with Gasteiger partial charge in [-0.25, -0.2) is 0 Å². The maximum atomic E-state index is 13.8. The maximum Gasteiger partial charge on any atom is 0.220 e. The van der Waals surface area contributed by atoms with Crippen molar-refractivity contribution in [3.05, 3.63) is 52.5 Å². The second-order valence-electron chi connectivity index (χ2n) is 7.84. The molecular formula is C24H22ClNO6. The summed E-state index contributed by atoms with van der Waals surface area (Å²) in [7, 11) is 2.88.